The molecular weight excluding hydrogens is 263 g/mol. The molecule has 0 atom stereocenters. The summed E-state index contributed by atoms with van der Waals surface area (Å²) in [5.74, 6) is 0.203. The Kier molecular flexibility index (Phi) is 4.35. The summed E-state index contributed by atoms with van der Waals surface area (Å²) in [4.78, 5) is 8.23. The maximum atomic E-state index is 12.7. The van der Waals surface area contributed by atoms with Crippen LogP contribution in [0.3, 0.4) is 0 Å². The van der Waals surface area contributed by atoms with Crippen molar-refractivity contribution in [3.63, 3.8) is 0 Å². The summed E-state index contributed by atoms with van der Waals surface area (Å²) in [7, 11) is 0. The van der Waals surface area contributed by atoms with E-state index in [1.807, 2.05) is 6.92 Å². The molecule has 98 valence electrons. The fourth-order valence-corrected chi connectivity index (χ4v) is 1.60. The SMILES string of the molecule is Cc1ccnc(NC(=S)NCc2ccc(F)cc2)n1. The predicted octanol–water partition coefficient (Wildman–Crippen LogP) is 2.41. The van der Waals surface area contributed by atoms with Crippen LogP contribution in [0.4, 0.5) is 10.3 Å². The zero-order valence-corrected chi connectivity index (χ0v) is 11.2. The average molecular weight is 276 g/mol. The normalized spacial score (nSPS) is 10.0. The molecule has 1 aromatic heterocycles. The minimum Gasteiger partial charge on any atom is -0.358 e. The topological polar surface area (TPSA) is 49.8 Å². The lowest BCUT2D eigenvalue weighted by Crippen LogP contribution is -2.28. The van der Waals surface area contributed by atoms with Crippen molar-refractivity contribution in [3.8, 4) is 0 Å². The summed E-state index contributed by atoms with van der Waals surface area (Å²) in [6.07, 6.45) is 1.66. The maximum absolute atomic E-state index is 12.7. The molecule has 2 aromatic rings. The number of hydrogen-bond donors (Lipinski definition) is 2. The van der Waals surface area contributed by atoms with Gasteiger partial charge in [-0.15, -0.1) is 0 Å². The average Bonchev–Trinajstić information content (AvgIpc) is 2.38. The largest absolute Gasteiger partial charge is 0.358 e. The van der Waals surface area contributed by atoms with E-state index in [-0.39, 0.29) is 5.82 Å². The standard InChI is InChI=1S/C13H13FN4S/c1-9-6-7-15-12(17-9)18-13(19)16-8-10-2-4-11(14)5-3-10/h2-7H,8H2,1H3,(H2,15,16,17,18,19). The third-order valence-electron chi connectivity index (χ3n) is 2.39. The molecule has 0 spiro atoms. The van der Waals surface area contributed by atoms with Crippen LogP contribution in [0.2, 0.25) is 0 Å². The Labute approximate surface area is 116 Å². The Morgan fingerprint density at radius 3 is 2.68 bits per heavy atom. The number of hydrogen-bond acceptors (Lipinski definition) is 3. The molecule has 1 aromatic carbocycles. The van der Waals surface area contributed by atoms with E-state index >= 15 is 0 Å². The fraction of sp³-hybridized carbons (Fsp3) is 0.154. The third kappa shape index (κ3) is 4.26. The molecule has 0 unspecified atom stereocenters. The molecule has 0 radical (unpaired) electrons. The van der Waals surface area contributed by atoms with Crippen LogP contribution in [0.1, 0.15) is 11.3 Å². The lowest BCUT2D eigenvalue weighted by Gasteiger charge is -2.09. The van der Waals surface area contributed by atoms with Crippen LogP contribution in [-0.4, -0.2) is 15.1 Å². The smallest absolute Gasteiger partial charge is 0.229 e. The highest BCUT2D eigenvalue weighted by Crippen LogP contribution is 2.03. The van der Waals surface area contributed by atoms with Crippen LogP contribution in [0.5, 0.6) is 0 Å². The summed E-state index contributed by atoms with van der Waals surface area (Å²) < 4.78 is 12.7. The van der Waals surface area contributed by atoms with Crippen LogP contribution in [0, 0.1) is 12.7 Å². The van der Waals surface area contributed by atoms with Gasteiger partial charge < -0.3 is 10.6 Å². The Morgan fingerprint density at radius 2 is 2.00 bits per heavy atom. The second-order valence-electron chi connectivity index (χ2n) is 3.96. The summed E-state index contributed by atoms with van der Waals surface area (Å²) in [5, 5.41) is 6.32. The van der Waals surface area contributed by atoms with E-state index in [1.54, 1.807) is 24.4 Å². The van der Waals surface area contributed by atoms with Crippen molar-refractivity contribution in [2.45, 2.75) is 13.5 Å². The number of thiocarbonyl (C=S) groups is 1. The van der Waals surface area contributed by atoms with Crippen LogP contribution in [0.15, 0.2) is 36.5 Å². The number of anilines is 1. The summed E-state index contributed by atoms with van der Waals surface area (Å²) in [5.41, 5.74) is 1.80. The van der Waals surface area contributed by atoms with Crippen molar-refractivity contribution in [2.75, 3.05) is 5.32 Å². The first kappa shape index (κ1) is 13.4. The molecule has 6 heteroatoms. The minimum atomic E-state index is -0.252. The van der Waals surface area contributed by atoms with Gasteiger partial charge in [-0.25, -0.2) is 14.4 Å². The zero-order chi connectivity index (χ0) is 13.7. The molecule has 2 rings (SSSR count). The number of benzene rings is 1. The molecule has 0 aliphatic carbocycles. The monoisotopic (exact) mass is 276 g/mol. The number of aryl methyl sites for hydroxylation is 1. The molecule has 19 heavy (non-hydrogen) atoms. The van der Waals surface area contributed by atoms with Gasteiger partial charge in [-0.1, -0.05) is 12.1 Å². The molecule has 0 saturated heterocycles. The number of aromatic nitrogens is 2. The second kappa shape index (κ2) is 6.19. The van der Waals surface area contributed by atoms with E-state index < -0.39 is 0 Å². The minimum absolute atomic E-state index is 0.252. The molecule has 0 saturated carbocycles. The van der Waals surface area contributed by atoms with Crippen molar-refractivity contribution in [1.29, 1.82) is 0 Å². The highest BCUT2D eigenvalue weighted by Gasteiger charge is 2.00. The van der Waals surface area contributed by atoms with E-state index in [0.29, 0.717) is 17.6 Å². The van der Waals surface area contributed by atoms with Gasteiger partial charge in [0.15, 0.2) is 5.11 Å². The van der Waals surface area contributed by atoms with Crippen molar-refractivity contribution in [2.24, 2.45) is 0 Å². The lowest BCUT2D eigenvalue weighted by molar-refractivity contribution is 0.627. The van der Waals surface area contributed by atoms with Gasteiger partial charge in [0.25, 0.3) is 0 Å². The molecular formula is C13H13FN4S. The van der Waals surface area contributed by atoms with E-state index in [2.05, 4.69) is 20.6 Å². The first-order valence-corrected chi connectivity index (χ1v) is 6.13. The van der Waals surface area contributed by atoms with Gasteiger partial charge in [0.2, 0.25) is 5.95 Å². The van der Waals surface area contributed by atoms with Gasteiger partial charge in [0, 0.05) is 18.4 Å². The lowest BCUT2D eigenvalue weighted by atomic mass is 10.2. The number of halogens is 1. The summed E-state index contributed by atoms with van der Waals surface area (Å²) in [6.45, 7) is 2.39. The first-order chi connectivity index (χ1) is 9.13. The van der Waals surface area contributed by atoms with Crippen molar-refractivity contribution in [3.05, 3.63) is 53.6 Å². The van der Waals surface area contributed by atoms with Crippen LogP contribution in [-0.2, 0) is 6.54 Å². The molecule has 0 aliphatic rings. The van der Waals surface area contributed by atoms with E-state index in [1.165, 1.54) is 12.1 Å². The summed E-state index contributed by atoms with van der Waals surface area (Å²) in [6, 6.07) is 8.04. The molecule has 0 aliphatic heterocycles. The maximum Gasteiger partial charge on any atom is 0.229 e. The molecule has 0 bridgehead atoms. The molecule has 1 heterocycles. The highest BCUT2D eigenvalue weighted by molar-refractivity contribution is 7.80. The molecule has 0 amide bonds. The van der Waals surface area contributed by atoms with Gasteiger partial charge in [0.05, 0.1) is 0 Å². The first-order valence-electron chi connectivity index (χ1n) is 5.72. The molecule has 0 fully saturated rings. The van der Waals surface area contributed by atoms with Crippen molar-refractivity contribution >= 4 is 23.3 Å². The van der Waals surface area contributed by atoms with Gasteiger partial charge in [-0.05, 0) is 42.9 Å². The van der Waals surface area contributed by atoms with E-state index in [4.69, 9.17) is 12.2 Å². The number of nitrogens with one attached hydrogen (secondary N) is 2. The number of rotatable bonds is 3. The number of nitrogens with zero attached hydrogens (tertiary/aromatic N) is 2. The quantitative estimate of drug-likeness (QED) is 0.843. The van der Waals surface area contributed by atoms with E-state index in [9.17, 15) is 4.39 Å². The van der Waals surface area contributed by atoms with Crippen LogP contribution in [0.25, 0.3) is 0 Å². The van der Waals surface area contributed by atoms with E-state index in [0.717, 1.165) is 11.3 Å². The van der Waals surface area contributed by atoms with Crippen molar-refractivity contribution in [1.82, 2.24) is 15.3 Å². The van der Waals surface area contributed by atoms with Crippen LogP contribution >= 0.6 is 12.2 Å². The van der Waals surface area contributed by atoms with Gasteiger partial charge in [0.1, 0.15) is 5.82 Å². The Balaban J connectivity index is 1.86. The second-order valence-corrected chi connectivity index (χ2v) is 4.36. The Hall–Kier alpha value is -2.08. The molecule has 2 N–H and O–H groups in total. The fourth-order valence-electron chi connectivity index (χ4n) is 1.44. The zero-order valence-electron chi connectivity index (χ0n) is 10.4. The Morgan fingerprint density at radius 1 is 1.26 bits per heavy atom. The van der Waals surface area contributed by atoms with Gasteiger partial charge >= 0.3 is 0 Å². The van der Waals surface area contributed by atoms with Gasteiger partial charge in [-0.2, -0.15) is 0 Å². The van der Waals surface area contributed by atoms with Crippen molar-refractivity contribution < 1.29 is 4.39 Å². The molecule has 4 nitrogen and oxygen atoms in total. The third-order valence-corrected chi connectivity index (χ3v) is 2.63. The summed E-state index contributed by atoms with van der Waals surface area (Å²) >= 11 is 5.13. The van der Waals surface area contributed by atoms with Crippen LogP contribution < -0.4 is 10.6 Å². The van der Waals surface area contributed by atoms with Gasteiger partial charge in [-0.3, -0.25) is 0 Å². The highest BCUT2D eigenvalue weighted by atomic mass is 32.1. The predicted molar refractivity (Wildman–Crippen MR) is 76.2 cm³/mol. The Bertz CT molecular complexity index is 571.